The average molecular weight is 269 g/mol. The monoisotopic (exact) mass is 269 g/mol. The highest BCUT2D eigenvalue weighted by Gasteiger charge is 2.08. The number of ether oxygens (including phenoxy) is 1. The summed E-state index contributed by atoms with van der Waals surface area (Å²) in [6.45, 7) is 0. The van der Waals surface area contributed by atoms with E-state index in [0.717, 1.165) is 0 Å². The van der Waals surface area contributed by atoms with Crippen molar-refractivity contribution in [3.63, 3.8) is 0 Å². The first-order chi connectivity index (χ1) is 9.66. The number of non-ortho nitro benzene ring substituents is 1. The standard InChI is InChI=1S/C15H11NO4/c17-15(10-11-20-14-4-2-1-3-5-14)12-6-8-13(9-7-12)16(18)19/h1-9,15,17H. The molecule has 5 heteroatoms. The Bertz CT molecular complexity index is 641. The highest BCUT2D eigenvalue weighted by atomic mass is 16.6. The van der Waals surface area contributed by atoms with Crippen molar-refractivity contribution in [2.45, 2.75) is 6.10 Å². The minimum Gasteiger partial charge on any atom is -0.407 e. The summed E-state index contributed by atoms with van der Waals surface area (Å²) >= 11 is 0. The highest BCUT2D eigenvalue weighted by Crippen LogP contribution is 2.17. The Morgan fingerprint density at radius 1 is 1.10 bits per heavy atom. The van der Waals surface area contributed by atoms with E-state index in [1.165, 1.54) is 24.3 Å². The number of nitro groups is 1. The molecule has 0 aromatic heterocycles. The molecule has 2 aromatic rings. The van der Waals surface area contributed by atoms with Gasteiger partial charge >= 0.3 is 0 Å². The van der Waals surface area contributed by atoms with Crippen LogP contribution in [0.15, 0.2) is 54.6 Å². The zero-order valence-electron chi connectivity index (χ0n) is 10.4. The molecule has 2 aromatic carbocycles. The average Bonchev–Trinajstić information content (AvgIpc) is 2.48. The second-order valence-corrected chi connectivity index (χ2v) is 3.91. The topological polar surface area (TPSA) is 72.6 Å². The number of aliphatic hydroxyl groups excluding tert-OH is 1. The van der Waals surface area contributed by atoms with Gasteiger partial charge in [-0.2, -0.15) is 0 Å². The summed E-state index contributed by atoms with van der Waals surface area (Å²) in [4.78, 5) is 10.0. The molecule has 1 N–H and O–H groups in total. The number of para-hydroxylation sites is 1. The molecule has 0 aliphatic carbocycles. The van der Waals surface area contributed by atoms with E-state index in [1.807, 2.05) is 18.2 Å². The lowest BCUT2D eigenvalue weighted by Gasteiger charge is -2.02. The molecule has 0 fully saturated rings. The molecule has 0 saturated carbocycles. The van der Waals surface area contributed by atoms with Crippen LogP contribution in [0.25, 0.3) is 0 Å². The van der Waals surface area contributed by atoms with Crippen LogP contribution in [-0.2, 0) is 0 Å². The van der Waals surface area contributed by atoms with Crippen LogP contribution in [0.2, 0.25) is 0 Å². The van der Waals surface area contributed by atoms with Crippen molar-refractivity contribution in [1.82, 2.24) is 0 Å². The van der Waals surface area contributed by atoms with Gasteiger partial charge in [0.15, 0.2) is 0 Å². The van der Waals surface area contributed by atoms with Gasteiger partial charge in [-0.25, -0.2) is 0 Å². The van der Waals surface area contributed by atoms with Gasteiger partial charge in [0, 0.05) is 12.1 Å². The number of nitro benzene ring substituents is 1. The van der Waals surface area contributed by atoms with Crippen LogP contribution in [0.4, 0.5) is 5.69 Å². The molecule has 0 heterocycles. The van der Waals surface area contributed by atoms with Gasteiger partial charge in [0.25, 0.3) is 5.69 Å². The predicted octanol–water partition coefficient (Wildman–Crippen LogP) is 2.67. The summed E-state index contributed by atoms with van der Waals surface area (Å²) in [6, 6.07) is 14.5. The Morgan fingerprint density at radius 2 is 1.75 bits per heavy atom. The van der Waals surface area contributed by atoms with E-state index < -0.39 is 11.0 Å². The van der Waals surface area contributed by atoms with Gasteiger partial charge in [0.1, 0.15) is 18.0 Å². The zero-order valence-corrected chi connectivity index (χ0v) is 10.4. The first-order valence-electron chi connectivity index (χ1n) is 5.81. The molecule has 100 valence electrons. The maximum Gasteiger partial charge on any atom is 0.269 e. The lowest BCUT2D eigenvalue weighted by atomic mass is 10.1. The third-order valence-corrected chi connectivity index (χ3v) is 2.53. The lowest BCUT2D eigenvalue weighted by molar-refractivity contribution is -0.384. The number of benzene rings is 2. The summed E-state index contributed by atoms with van der Waals surface area (Å²) < 4.78 is 5.13. The lowest BCUT2D eigenvalue weighted by Crippen LogP contribution is -1.95. The molecule has 0 aliphatic heterocycles. The Labute approximate surface area is 115 Å². The van der Waals surface area contributed by atoms with Crippen LogP contribution in [0.3, 0.4) is 0 Å². The van der Waals surface area contributed by atoms with Crippen molar-refractivity contribution in [2.24, 2.45) is 0 Å². The minimum absolute atomic E-state index is 0.0329. The number of hydrogen-bond acceptors (Lipinski definition) is 4. The van der Waals surface area contributed by atoms with Gasteiger partial charge in [-0.05, 0) is 35.7 Å². The maximum atomic E-state index is 10.5. The highest BCUT2D eigenvalue weighted by molar-refractivity contribution is 5.35. The quantitative estimate of drug-likeness (QED) is 0.528. The van der Waals surface area contributed by atoms with Crippen molar-refractivity contribution in [1.29, 1.82) is 0 Å². The van der Waals surface area contributed by atoms with E-state index >= 15 is 0 Å². The Kier molecular flexibility index (Phi) is 4.32. The van der Waals surface area contributed by atoms with E-state index in [-0.39, 0.29) is 5.69 Å². The van der Waals surface area contributed by atoms with Crippen molar-refractivity contribution in [3.05, 3.63) is 70.3 Å². The second kappa shape index (κ2) is 6.36. The summed E-state index contributed by atoms with van der Waals surface area (Å²) in [5.41, 5.74) is 0.439. The second-order valence-electron chi connectivity index (χ2n) is 3.91. The van der Waals surface area contributed by atoms with Gasteiger partial charge in [-0.3, -0.25) is 10.1 Å². The number of hydrogen-bond donors (Lipinski definition) is 1. The molecule has 0 saturated heterocycles. The first kappa shape index (κ1) is 13.6. The summed E-state index contributed by atoms with van der Waals surface area (Å²) in [7, 11) is 0. The summed E-state index contributed by atoms with van der Waals surface area (Å²) in [5.74, 6) is 3.09. The fraction of sp³-hybridized carbons (Fsp3) is 0.0667. The van der Waals surface area contributed by atoms with Gasteiger partial charge in [0.05, 0.1) is 4.92 Å². The maximum absolute atomic E-state index is 10.5. The number of rotatable bonds is 3. The molecule has 0 aliphatic rings. The molecule has 2 rings (SSSR count). The number of nitrogens with zero attached hydrogens (tertiary/aromatic N) is 1. The largest absolute Gasteiger partial charge is 0.407 e. The first-order valence-corrected chi connectivity index (χ1v) is 5.81. The van der Waals surface area contributed by atoms with Gasteiger partial charge in [-0.15, -0.1) is 0 Å². The Hall–Kier alpha value is -2.84. The fourth-order valence-corrected chi connectivity index (χ4v) is 1.49. The fourth-order valence-electron chi connectivity index (χ4n) is 1.49. The van der Waals surface area contributed by atoms with E-state index in [4.69, 9.17) is 4.74 Å². The van der Waals surface area contributed by atoms with E-state index in [2.05, 4.69) is 12.0 Å². The van der Waals surface area contributed by atoms with Crippen LogP contribution in [-0.4, -0.2) is 10.0 Å². The van der Waals surface area contributed by atoms with Crippen molar-refractivity contribution in [3.8, 4) is 17.8 Å². The van der Waals surface area contributed by atoms with Gasteiger partial charge in [-0.1, -0.05) is 18.2 Å². The van der Waals surface area contributed by atoms with Gasteiger partial charge in [0.2, 0.25) is 0 Å². The third kappa shape index (κ3) is 3.57. The Morgan fingerprint density at radius 3 is 2.35 bits per heavy atom. The van der Waals surface area contributed by atoms with Crippen LogP contribution in [0.5, 0.6) is 5.75 Å². The smallest absolute Gasteiger partial charge is 0.269 e. The molecule has 0 spiro atoms. The van der Waals surface area contributed by atoms with Crippen molar-refractivity contribution in [2.75, 3.05) is 0 Å². The van der Waals surface area contributed by atoms with Crippen LogP contribution >= 0.6 is 0 Å². The minimum atomic E-state index is -1.06. The normalized spacial score (nSPS) is 11.1. The van der Waals surface area contributed by atoms with Crippen LogP contribution < -0.4 is 4.74 Å². The molecule has 5 nitrogen and oxygen atoms in total. The van der Waals surface area contributed by atoms with Crippen molar-refractivity contribution >= 4 is 5.69 Å². The molecular formula is C15H11NO4. The third-order valence-electron chi connectivity index (χ3n) is 2.53. The van der Waals surface area contributed by atoms with Crippen LogP contribution in [0.1, 0.15) is 11.7 Å². The molecule has 20 heavy (non-hydrogen) atoms. The predicted molar refractivity (Wildman–Crippen MR) is 72.9 cm³/mol. The molecule has 1 atom stereocenters. The molecule has 0 radical (unpaired) electrons. The van der Waals surface area contributed by atoms with E-state index in [9.17, 15) is 15.2 Å². The summed E-state index contributed by atoms with van der Waals surface area (Å²) in [5, 5.41) is 20.3. The molecule has 0 amide bonds. The van der Waals surface area contributed by atoms with Crippen molar-refractivity contribution < 1.29 is 14.8 Å². The number of aliphatic hydroxyl groups is 1. The Balaban J connectivity index is 2.01. The molecular weight excluding hydrogens is 258 g/mol. The zero-order chi connectivity index (χ0) is 14.4. The van der Waals surface area contributed by atoms with Crippen LogP contribution in [0, 0.1) is 22.1 Å². The van der Waals surface area contributed by atoms with Gasteiger partial charge < -0.3 is 9.84 Å². The molecule has 1 unspecified atom stereocenters. The molecule has 0 bridgehead atoms. The SMILES string of the molecule is O=[N+]([O-])c1ccc(C(O)C#COc2ccccc2)cc1. The van der Waals surface area contributed by atoms with E-state index in [0.29, 0.717) is 11.3 Å². The summed E-state index contributed by atoms with van der Waals surface area (Å²) in [6.07, 6.45) is 1.35. The van der Waals surface area contributed by atoms with E-state index in [1.54, 1.807) is 12.1 Å².